The maximum Gasteiger partial charge on any atom is 0.104 e. The first-order valence-corrected chi connectivity index (χ1v) is 12.4. The van der Waals surface area contributed by atoms with Crippen LogP contribution in [0, 0.1) is 0 Å². The van der Waals surface area contributed by atoms with Crippen molar-refractivity contribution in [3.63, 3.8) is 0 Å². The molecule has 168 valence electrons. The van der Waals surface area contributed by atoms with Gasteiger partial charge in [0.05, 0.1) is 26.4 Å². The number of rotatable bonds is 20. The Morgan fingerprint density at radius 3 is 1.21 bits per heavy atom. The normalized spacial score (nSPS) is 19.9. The molecule has 2 N–H and O–H groups in total. The largest absolute Gasteiger partial charge is 0.376 e. The molecule has 0 amide bonds. The molecule has 2 heterocycles. The monoisotopic (exact) mass is 399 g/mol. The first-order valence-electron chi connectivity index (χ1n) is 12.4. The molecule has 2 fully saturated rings. The second-order valence-corrected chi connectivity index (χ2v) is 8.54. The number of ether oxygens (including phenoxy) is 3. The lowest BCUT2D eigenvalue weighted by atomic mass is 10.0. The SMILES string of the molecule is C(OCC1CO1)C1CO1.CCCCCCCCCCCCCCCCCCN. The van der Waals surface area contributed by atoms with Crippen LogP contribution in [-0.4, -0.2) is 45.2 Å². The van der Waals surface area contributed by atoms with Crippen molar-refractivity contribution in [2.75, 3.05) is 33.0 Å². The smallest absolute Gasteiger partial charge is 0.104 e. The highest BCUT2D eigenvalue weighted by atomic mass is 16.6. The molecular weight excluding hydrogens is 350 g/mol. The number of hydrogen-bond acceptors (Lipinski definition) is 4. The van der Waals surface area contributed by atoms with E-state index in [-0.39, 0.29) is 0 Å². The van der Waals surface area contributed by atoms with Crippen LogP contribution in [0.5, 0.6) is 0 Å². The molecule has 4 nitrogen and oxygen atoms in total. The number of nitrogens with two attached hydrogens (primary N) is 1. The van der Waals surface area contributed by atoms with Crippen molar-refractivity contribution in [3.05, 3.63) is 0 Å². The van der Waals surface area contributed by atoms with E-state index in [4.69, 9.17) is 19.9 Å². The predicted molar refractivity (Wildman–Crippen MR) is 119 cm³/mol. The summed E-state index contributed by atoms with van der Waals surface area (Å²) in [5.74, 6) is 0. The Hall–Kier alpha value is -0.160. The molecule has 4 heteroatoms. The van der Waals surface area contributed by atoms with Gasteiger partial charge in [0.25, 0.3) is 0 Å². The van der Waals surface area contributed by atoms with E-state index in [2.05, 4.69) is 6.92 Å². The summed E-state index contributed by atoms with van der Waals surface area (Å²) in [6, 6.07) is 0. The zero-order valence-electron chi connectivity index (χ0n) is 18.8. The molecular formula is C24H49NO3. The summed E-state index contributed by atoms with van der Waals surface area (Å²) in [5, 5.41) is 0. The standard InChI is InChI=1S/C18H39N.C6H10O3/c1-2-3-4-5-6-7-8-9-10-11-12-13-14-15-16-17-18-19;1(5-3-8-5)7-2-6-4-9-6/h2-19H2,1H3;5-6H,1-4H2. The third kappa shape index (κ3) is 20.6. The van der Waals surface area contributed by atoms with Gasteiger partial charge < -0.3 is 19.9 Å². The van der Waals surface area contributed by atoms with Gasteiger partial charge in [-0.25, -0.2) is 0 Å². The van der Waals surface area contributed by atoms with E-state index in [0.717, 1.165) is 33.0 Å². The summed E-state index contributed by atoms with van der Waals surface area (Å²) < 4.78 is 15.1. The van der Waals surface area contributed by atoms with Gasteiger partial charge in [-0.1, -0.05) is 103 Å². The average Bonchev–Trinajstić information content (AvgIpc) is 3.61. The number of epoxide rings is 2. The first kappa shape index (κ1) is 25.9. The van der Waals surface area contributed by atoms with Crippen LogP contribution in [0.3, 0.4) is 0 Å². The minimum atomic E-state index is 0.392. The molecule has 0 aromatic heterocycles. The van der Waals surface area contributed by atoms with Crippen molar-refractivity contribution in [1.82, 2.24) is 0 Å². The molecule has 2 unspecified atom stereocenters. The van der Waals surface area contributed by atoms with Crippen molar-refractivity contribution in [2.45, 2.75) is 122 Å². The van der Waals surface area contributed by atoms with E-state index < -0.39 is 0 Å². The summed E-state index contributed by atoms with van der Waals surface area (Å²) in [6.07, 6.45) is 23.6. The molecule has 2 aliphatic heterocycles. The van der Waals surface area contributed by atoms with Crippen molar-refractivity contribution < 1.29 is 14.2 Å². The van der Waals surface area contributed by atoms with Gasteiger partial charge in [0.15, 0.2) is 0 Å². The van der Waals surface area contributed by atoms with E-state index in [0.29, 0.717) is 12.2 Å². The molecule has 2 rings (SSSR count). The quantitative estimate of drug-likeness (QED) is 0.201. The van der Waals surface area contributed by atoms with E-state index in [9.17, 15) is 0 Å². The van der Waals surface area contributed by atoms with Crippen molar-refractivity contribution in [1.29, 1.82) is 0 Å². The first-order chi connectivity index (χ1) is 13.9. The fourth-order valence-electron chi connectivity index (χ4n) is 3.35. The van der Waals surface area contributed by atoms with Crippen LogP contribution in [0.4, 0.5) is 0 Å². The van der Waals surface area contributed by atoms with Crippen molar-refractivity contribution in [3.8, 4) is 0 Å². The van der Waals surface area contributed by atoms with Gasteiger partial charge in [0.1, 0.15) is 12.2 Å². The number of unbranched alkanes of at least 4 members (excludes halogenated alkanes) is 15. The lowest BCUT2D eigenvalue weighted by molar-refractivity contribution is 0.102. The van der Waals surface area contributed by atoms with Crippen LogP contribution in [0.25, 0.3) is 0 Å². The fourth-order valence-corrected chi connectivity index (χ4v) is 3.35. The second-order valence-electron chi connectivity index (χ2n) is 8.54. The van der Waals surface area contributed by atoms with E-state index >= 15 is 0 Å². The molecule has 0 aliphatic carbocycles. The van der Waals surface area contributed by atoms with Gasteiger partial charge in [0.2, 0.25) is 0 Å². The maximum absolute atomic E-state index is 5.48. The van der Waals surface area contributed by atoms with Crippen molar-refractivity contribution in [2.24, 2.45) is 5.73 Å². The van der Waals surface area contributed by atoms with Gasteiger partial charge in [-0.3, -0.25) is 0 Å². The minimum Gasteiger partial charge on any atom is -0.376 e. The zero-order chi connectivity index (χ0) is 20.1. The number of hydrogen-bond donors (Lipinski definition) is 1. The summed E-state index contributed by atoms with van der Waals surface area (Å²) in [5.41, 5.74) is 5.48. The lowest BCUT2D eigenvalue weighted by Gasteiger charge is -2.03. The van der Waals surface area contributed by atoms with Gasteiger partial charge in [-0.15, -0.1) is 0 Å². The van der Waals surface area contributed by atoms with Crippen LogP contribution in [0.15, 0.2) is 0 Å². The highest BCUT2D eigenvalue weighted by Gasteiger charge is 2.26. The van der Waals surface area contributed by atoms with Gasteiger partial charge >= 0.3 is 0 Å². The molecule has 0 aromatic rings. The fraction of sp³-hybridized carbons (Fsp3) is 1.00. The molecule has 2 saturated heterocycles. The summed E-state index contributed by atoms with van der Waals surface area (Å²) in [7, 11) is 0. The Balaban J connectivity index is 0.000000354. The van der Waals surface area contributed by atoms with Crippen LogP contribution in [0.2, 0.25) is 0 Å². The minimum absolute atomic E-state index is 0.392. The van der Waals surface area contributed by atoms with Crippen molar-refractivity contribution >= 4 is 0 Å². The highest BCUT2D eigenvalue weighted by Crippen LogP contribution is 2.14. The summed E-state index contributed by atoms with van der Waals surface area (Å²) >= 11 is 0. The zero-order valence-corrected chi connectivity index (χ0v) is 18.8. The molecule has 0 spiro atoms. The Morgan fingerprint density at radius 2 is 0.929 bits per heavy atom. The molecule has 0 radical (unpaired) electrons. The molecule has 0 saturated carbocycles. The van der Waals surface area contributed by atoms with Crippen LogP contribution >= 0.6 is 0 Å². The molecule has 0 bridgehead atoms. The van der Waals surface area contributed by atoms with Gasteiger partial charge in [0, 0.05) is 0 Å². The topological polar surface area (TPSA) is 60.3 Å². The molecule has 2 atom stereocenters. The molecule has 0 aromatic carbocycles. The Bertz CT molecular complexity index is 278. The summed E-state index contributed by atoms with van der Waals surface area (Å²) in [6.45, 7) is 6.42. The van der Waals surface area contributed by atoms with Crippen LogP contribution in [-0.2, 0) is 14.2 Å². The molecule has 2 aliphatic rings. The lowest BCUT2D eigenvalue weighted by Crippen LogP contribution is -2.06. The molecule has 28 heavy (non-hydrogen) atoms. The van der Waals surface area contributed by atoms with E-state index in [1.807, 2.05) is 0 Å². The van der Waals surface area contributed by atoms with Gasteiger partial charge in [-0.05, 0) is 13.0 Å². The highest BCUT2D eigenvalue weighted by molar-refractivity contribution is 4.71. The third-order valence-corrected chi connectivity index (χ3v) is 5.47. The summed E-state index contributed by atoms with van der Waals surface area (Å²) in [4.78, 5) is 0. The van der Waals surface area contributed by atoms with Gasteiger partial charge in [-0.2, -0.15) is 0 Å². The predicted octanol–water partition coefficient (Wildman–Crippen LogP) is 6.01. The van der Waals surface area contributed by atoms with Crippen LogP contribution < -0.4 is 5.73 Å². The Kier molecular flexibility index (Phi) is 18.6. The second kappa shape index (κ2) is 20.1. The third-order valence-electron chi connectivity index (χ3n) is 5.47. The Morgan fingerprint density at radius 1 is 0.607 bits per heavy atom. The average molecular weight is 400 g/mol. The maximum atomic E-state index is 5.48. The Labute approximate surface area is 175 Å². The van der Waals surface area contributed by atoms with Crippen LogP contribution in [0.1, 0.15) is 110 Å². The van der Waals surface area contributed by atoms with E-state index in [1.54, 1.807) is 0 Å². The van der Waals surface area contributed by atoms with E-state index in [1.165, 1.54) is 103 Å².